The Morgan fingerprint density at radius 3 is 2.54 bits per heavy atom. The molecule has 0 fully saturated rings. The van der Waals surface area contributed by atoms with Gasteiger partial charge in [-0.2, -0.15) is 5.10 Å². The van der Waals surface area contributed by atoms with E-state index in [0.717, 1.165) is 27.1 Å². The number of benzene rings is 3. The average molecular weight is 531 g/mol. The van der Waals surface area contributed by atoms with E-state index in [1.54, 1.807) is 59.5 Å². The first kappa shape index (κ1) is 24.7. The maximum atomic E-state index is 14.2. The van der Waals surface area contributed by atoms with Crippen LogP contribution in [0.3, 0.4) is 0 Å². The van der Waals surface area contributed by atoms with Crippen molar-refractivity contribution < 1.29 is 13.2 Å². The molecule has 2 heterocycles. The van der Waals surface area contributed by atoms with Gasteiger partial charge in [0.05, 0.1) is 15.5 Å². The number of aryl methyl sites for hydroxylation is 2. The molecular weight excluding hydrogens is 504 g/mol. The minimum atomic E-state index is -4.10. The van der Waals surface area contributed by atoms with Crippen LogP contribution in [0.2, 0.25) is 0 Å². The molecular formula is C28H26N4O3S2. The Kier molecular flexibility index (Phi) is 6.57. The molecule has 5 aromatic rings. The topological polar surface area (TPSA) is 84.3 Å². The zero-order valence-corrected chi connectivity index (χ0v) is 22.3. The van der Waals surface area contributed by atoms with Crippen molar-refractivity contribution >= 4 is 49.5 Å². The third-order valence-corrected chi connectivity index (χ3v) is 9.08. The van der Waals surface area contributed by atoms with Crippen LogP contribution in [0, 0.1) is 13.8 Å². The third-order valence-electron chi connectivity index (χ3n) is 6.37. The lowest BCUT2D eigenvalue weighted by Gasteiger charge is -2.27. The summed E-state index contributed by atoms with van der Waals surface area (Å²) in [5.74, 6) is 0.0160. The predicted octanol–water partition coefficient (Wildman–Crippen LogP) is 5.75. The summed E-state index contributed by atoms with van der Waals surface area (Å²) in [4.78, 5) is 14.5. The smallest absolute Gasteiger partial charge is 0.265 e. The second-order valence-electron chi connectivity index (χ2n) is 8.77. The summed E-state index contributed by atoms with van der Waals surface area (Å²) in [7, 11) is -2.36. The number of hydrogen-bond donors (Lipinski definition) is 1. The number of hydrogen-bond acceptors (Lipinski definition) is 5. The van der Waals surface area contributed by atoms with E-state index in [1.165, 1.54) is 4.31 Å². The van der Waals surface area contributed by atoms with E-state index >= 15 is 0 Å². The summed E-state index contributed by atoms with van der Waals surface area (Å²) in [6.45, 7) is 3.39. The number of carbonyl (C=O) groups excluding carboxylic acids is 1. The molecule has 0 radical (unpaired) electrons. The average Bonchev–Trinajstić information content (AvgIpc) is 3.54. The van der Waals surface area contributed by atoms with Crippen molar-refractivity contribution in [3.8, 4) is 10.6 Å². The molecule has 0 aliphatic carbocycles. The Balaban J connectivity index is 1.53. The number of nitrogens with zero attached hydrogens (tertiary/aromatic N) is 3. The normalized spacial score (nSPS) is 11.5. The van der Waals surface area contributed by atoms with E-state index in [2.05, 4.69) is 10.4 Å². The number of sulfonamides is 1. The molecule has 188 valence electrons. The van der Waals surface area contributed by atoms with Crippen molar-refractivity contribution in [3.05, 3.63) is 95.4 Å². The zero-order chi connectivity index (χ0) is 26.2. The molecule has 0 atom stereocenters. The molecule has 3 aromatic carbocycles. The second kappa shape index (κ2) is 9.84. The van der Waals surface area contributed by atoms with E-state index in [1.807, 2.05) is 61.7 Å². The molecule has 0 saturated heterocycles. The fourth-order valence-electron chi connectivity index (χ4n) is 4.29. The molecule has 0 bridgehead atoms. The SMILES string of the molecule is Cc1cccc(N(CC(=O)Nc2cc(-c3cccs3)nn2C)S(=O)(=O)c2cccc3ccccc23)c1C. The molecule has 0 aliphatic rings. The lowest BCUT2D eigenvalue weighted by atomic mass is 10.1. The van der Waals surface area contributed by atoms with Gasteiger partial charge in [0, 0.05) is 18.5 Å². The number of carbonyl (C=O) groups is 1. The summed E-state index contributed by atoms with van der Waals surface area (Å²) in [6, 6.07) is 23.6. The molecule has 1 amide bonds. The number of nitrogens with one attached hydrogen (secondary N) is 1. The van der Waals surface area contributed by atoms with Gasteiger partial charge in [-0.05, 0) is 53.9 Å². The first-order chi connectivity index (χ1) is 17.8. The standard InChI is InChI=1S/C28H26N4O3S2/c1-19-9-6-13-24(20(19)2)32(37(34,35)26-15-7-11-21-10-4-5-12-22(21)26)18-28(33)29-27-17-23(30-31(27)3)25-14-8-16-36-25/h4-17H,18H2,1-3H3,(H,29,33). The lowest BCUT2D eigenvalue weighted by Crippen LogP contribution is -2.39. The fourth-order valence-corrected chi connectivity index (χ4v) is 6.66. The van der Waals surface area contributed by atoms with Gasteiger partial charge in [-0.3, -0.25) is 13.8 Å². The van der Waals surface area contributed by atoms with Gasteiger partial charge in [-0.1, -0.05) is 54.6 Å². The fraction of sp³-hybridized carbons (Fsp3) is 0.143. The summed E-state index contributed by atoms with van der Waals surface area (Å²) < 4.78 is 31.1. The third kappa shape index (κ3) is 4.75. The van der Waals surface area contributed by atoms with Crippen LogP contribution >= 0.6 is 11.3 Å². The maximum Gasteiger partial charge on any atom is 0.265 e. The van der Waals surface area contributed by atoms with Crippen LogP contribution in [-0.4, -0.2) is 30.7 Å². The number of rotatable bonds is 7. The first-order valence-corrected chi connectivity index (χ1v) is 14.0. The number of fused-ring (bicyclic) bond motifs is 1. The number of thiophene rings is 1. The van der Waals surface area contributed by atoms with E-state index in [-0.39, 0.29) is 4.90 Å². The minimum absolute atomic E-state index is 0.153. The van der Waals surface area contributed by atoms with Crippen molar-refractivity contribution in [2.45, 2.75) is 18.7 Å². The number of aromatic nitrogens is 2. The van der Waals surface area contributed by atoms with Crippen LogP contribution in [0.5, 0.6) is 0 Å². The van der Waals surface area contributed by atoms with Gasteiger partial charge in [0.2, 0.25) is 5.91 Å². The van der Waals surface area contributed by atoms with E-state index in [4.69, 9.17) is 0 Å². The van der Waals surface area contributed by atoms with Crippen molar-refractivity contribution in [3.63, 3.8) is 0 Å². The summed E-state index contributed by atoms with van der Waals surface area (Å²) >= 11 is 1.55. The van der Waals surface area contributed by atoms with Gasteiger partial charge < -0.3 is 5.32 Å². The van der Waals surface area contributed by atoms with Crippen molar-refractivity contribution in [1.82, 2.24) is 9.78 Å². The summed E-state index contributed by atoms with van der Waals surface area (Å²) in [5, 5.41) is 10.7. The Hall–Kier alpha value is -3.95. The van der Waals surface area contributed by atoms with Gasteiger partial charge in [0.15, 0.2) is 0 Å². The molecule has 2 aromatic heterocycles. The Bertz CT molecular complexity index is 1700. The molecule has 1 N–H and O–H groups in total. The van der Waals surface area contributed by atoms with Gasteiger partial charge in [-0.25, -0.2) is 8.42 Å². The van der Waals surface area contributed by atoms with Crippen molar-refractivity contribution in [2.75, 3.05) is 16.2 Å². The highest BCUT2D eigenvalue weighted by Gasteiger charge is 2.30. The second-order valence-corrected chi connectivity index (χ2v) is 11.6. The Morgan fingerprint density at radius 1 is 1.00 bits per heavy atom. The van der Waals surface area contributed by atoms with Gasteiger partial charge >= 0.3 is 0 Å². The molecule has 9 heteroatoms. The van der Waals surface area contributed by atoms with Crippen LogP contribution < -0.4 is 9.62 Å². The van der Waals surface area contributed by atoms with Crippen LogP contribution in [0.25, 0.3) is 21.3 Å². The monoisotopic (exact) mass is 530 g/mol. The Labute approximate surface area is 220 Å². The maximum absolute atomic E-state index is 14.2. The molecule has 37 heavy (non-hydrogen) atoms. The summed E-state index contributed by atoms with van der Waals surface area (Å²) in [5.41, 5.74) is 2.93. The highest BCUT2D eigenvalue weighted by molar-refractivity contribution is 7.93. The van der Waals surface area contributed by atoms with Gasteiger partial charge in [-0.15, -0.1) is 11.3 Å². The first-order valence-electron chi connectivity index (χ1n) is 11.7. The van der Waals surface area contributed by atoms with Crippen LogP contribution in [0.1, 0.15) is 11.1 Å². The van der Waals surface area contributed by atoms with Crippen LogP contribution in [0.15, 0.2) is 89.1 Å². The molecule has 7 nitrogen and oxygen atoms in total. The molecule has 5 rings (SSSR count). The van der Waals surface area contributed by atoms with E-state index in [9.17, 15) is 13.2 Å². The highest BCUT2D eigenvalue weighted by Crippen LogP contribution is 2.32. The van der Waals surface area contributed by atoms with Crippen molar-refractivity contribution in [1.29, 1.82) is 0 Å². The molecule has 0 saturated carbocycles. The minimum Gasteiger partial charge on any atom is -0.309 e. The number of anilines is 2. The van der Waals surface area contributed by atoms with Crippen LogP contribution in [0.4, 0.5) is 11.5 Å². The van der Waals surface area contributed by atoms with E-state index < -0.39 is 22.5 Å². The predicted molar refractivity (Wildman–Crippen MR) is 150 cm³/mol. The molecule has 0 unspecified atom stereocenters. The van der Waals surface area contributed by atoms with Crippen LogP contribution in [-0.2, 0) is 21.9 Å². The Morgan fingerprint density at radius 2 is 1.76 bits per heavy atom. The molecule has 0 aliphatic heterocycles. The molecule has 0 spiro atoms. The van der Waals surface area contributed by atoms with Crippen molar-refractivity contribution in [2.24, 2.45) is 7.05 Å². The summed E-state index contributed by atoms with van der Waals surface area (Å²) in [6.07, 6.45) is 0. The number of amides is 1. The lowest BCUT2D eigenvalue weighted by molar-refractivity contribution is -0.114. The van der Waals surface area contributed by atoms with Gasteiger partial charge in [0.1, 0.15) is 18.1 Å². The quantitative estimate of drug-likeness (QED) is 0.290. The highest BCUT2D eigenvalue weighted by atomic mass is 32.2. The zero-order valence-electron chi connectivity index (χ0n) is 20.7. The van der Waals surface area contributed by atoms with Gasteiger partial charge in [0.25, 0.3) is 10.0 Å². The van der Waals surface area contributed by atoms with E-state index in [0.29, 0.717) is 16.9 Å². The largest absolute Gasteiger partial charge is 0.309 e.